The number of fused-ring (bicyclic) bond motifs is 1. The van der Waals surface area contributed by atoms with Gasteiger partial charge in [0.1, 0.15) is 0 Å². The van der Waals surface area contributed by atoms with Crippen molar-refractivity contribution in [3.8, 4) is 11.5 Å². The van der Waals surface area contributed by atoms with Gasteiger partial charge in [-0.05, 0) is 12.1 Å². The van der Waals surface area contributed by atoms with Crippen LogP contribution in [0.1, 0.15) is 6.42 Å². The number of ether oxygens (including phenoxy) is 2. The SMILES string of the molecule is O=C(O)CCS(=O)(=O)Nc1ccc2c(c1)OCO2. The van der Waals surface area contributed by atoms with Gasteiger partial charge in [-0.2, -0.15) is 0 Å². The highest BCUT2D eigenvalue weighted by Gasteiger charge is 2.17. The standard InChI is InChI=1S/C10H11NO6S/c12-10(13)3-4-18(14,15)11-7-1-2-8-9(5-7)17-6-16-8/h1-2,5,11H,3-4,6H2,(H,12,13). The smallest absolute Gasteiger partial charge is 0.304 e. The van der Waals surface area contributed by atoms with Gasteiger partial charge in [-0.15, -0.1) is 0 Å². The van der Waals surface area contributed by atoms with Crippen LogP contribution in [0, 0.1) is 0 Å². The number of nitrogens with one attached hydrogen (secondary N) is 1. The minimum absolute atomic E-state index is 0.102. The van der Waals surface area contributed by atoms with Crippen LogP contribution in [-0.4, -0.2) is 32.0 Å². The monoisotopic (exact) mass is 273 g/mol. The van der Waals surface area contributed by atoms with E-state index in [0.717, 1.165) is 0 Å². The van der Waals surface area contributed by atoms with Crippen molar-refractivity contribution >= 4 is 21.7 Å². The number of carbonyl (C=O) groups is 1. The van der Waals surface area contributed by atoms with Gasteiger partial charge < -0.3 is 14.6 Å². The van der Waals surface area contributed by atoms with Gasteiger partial charge in [0, 0.05) is 6.07 Å². The van der Waals surface area contributed by atoms with E-state index in [1.807, 2.05) is 0 Å². The Morgan fingerprint density at radius 1 is 1.33 bits per heavy atom. The summed E-state index contributed by atoms with van der Waals surface area (Å²) in [7, 11) is -3.67. The molecule has 2 N–H and O–H groups in total. The Labute approximate surface area is 103 Å². The van der Waals surface area contributed by atoms with Crippen molar-refractivity contribution in [2.75, 3.05) is 17.3 Å². The Balaban J connectivity index is 2.07. The second-order valence-corrected chi connectivity index (χ2v) is 5.47. The summed E-state index contributed by atoms with van der Waals surface area (Å²) in [5, 5.41) is 8.44. The van der Waals surface area contributed by atoms with Gasteiger partial charge in [0.05, 0.1) is 17.9 Å². The minimum Gasteiger partial charge on any atom is -0.481 e. The topological polar surface area (TPSA) is 102 Å². The van der Waals surface area contributed by atoms with E-state index < -0.39 is 28.2 Å². The number of sulfonamides is 1. The van der Waals surface area contributed by atoms with Crippen LogP contribution in [0.25, 0.3) is 0 Å². The van der Waals surface area contributed by atoms with Gasteiger partial charge in [-0.25, -0.2) is 8.42 Å². The van der Waals surface area contributed by atoms with E-state index in [9.17, 15) is 13.2 Å². The molecular weight excluding hydrogens is 262 g/mol. The molecular formula is C10H11NO6S. The number of carboxylic acids is 1. The molecule has 18 heavy (non-hydrogen) atoms. The molecule has 1 aliphatic heterocycles. The van der Waals surface area contributed by atoms with Crippen molar-refractivity contribution < 1.29 is 27.8 Å². The fraction of sp³-hybridized carbons (Fsp3) is 0.300. The third kappa shape index (κ3) is 3.04. The number of anilines is 1. The predicted molar refractivity (Wildman–Crippen MR) is 62.2 cm³/mol. The van der Waals surface area contributed by atoms with Gasteiger partial charge in [0.15, 0.2) is 11.5 Å². The second kappa shape index (κ2) is 4.73. The number of rotatable bonds is 5. The van der Waals surface area contributed by atoms with Gasteiger partial charge in [-0.1, -0.05) is 0 Å². The average molecular weight is 273 g/mol. The zero-order chi connectivity index (χ0) is 13.2. The van der Waals surface area contributed by atoms with Crippen molar-refractivity contribution in [2.24, 2.45) is 0 Å². The second-order valence-electron chi connectivity index (χ2n) is 3.63. The molecule has 0 bridgehead atoms. The Morgan fingerprint density at radius 3 is 2.78 bits per heavy atom. The largest absolute Gasteiger partial charge is 0.481 e. The lowest BCUT2D eigenvalue weighted by Gasteiger charge is -2.07. The Bertz CT molecular complexity index is 568. The lowest BCUT2D eigenvalue weighted by Crippen LogP contribution is -2.18. The highest BCUT2D eigenvalue weighted by Crippen LogP contribution is 2.34. The van der Waals surface area contributed by atoms with E-state index in [4.69, 9.17) is 14.6 Å². The molecule has 1 heterocycles. The lowest BCUT2D eigenvalue weighted by atomic mass is 10.3. The number of hydrogen-bond donors (Lipinski definition) is 2. The van der Waals surface area contributed by atoms with Crippen molar-refractivity contribution in [2.45, 2.75) is 6.42 Å². The van der Waals surface area contributed by atoms with Crippen molar-refractivity contribution in [3.05, 3.63) is 18.2 Å². The quantitative estimate of drug-likeness (QED) is 0.816. The summed E-state index contributed by atoms with van der Waals surface area (Å²) in [5.41, 5.74) is 0.310. The van der Waals surface area contributed by atoms with Crippen LogP contribution in [0.2, 0.25) is 0 Å². The molecule has 0 amide bonds. The first-order chi connectivity index (χ1) is 8.46. The van der Waals surface area contributed by atoms with Crippen LogP contribution in [0.15, 0.2) is 18.2 Å². The van der Waals surface area contributed by atoms with Crippen LogP contribution in [0.5, 0.6) is 11.5 Å². The summed E-state index contributed by atoms with van der Waals surface area (Å²) in [5.74, 6) is -0.639. The molecule has 0 fully saturated rings. The molecule has 0 saturated heterocycles. The summed E-state index contributed by atoms with van der Waals surface area (Å²) < 4.78 is 35.6. The number of carboxylic acid groups (broad SMARTS) is 1. The summed E-state index contributed by atoms with van der Waals surface area (Å²) in [6, 6.07) is 4.59. The molecule has 2 rings (SSSR count). The van der Waals surface area contributed by atoms with Gasteiger partial charge in [-0.3, -0.25) is 9.52 Å². The van der Waals surface area contributed by atoms with Crippen LogP contribution >= 0.6 is 0 Å². The van der Waals surface area contributed by atoms with Crippen molar-refractivity contribution in [1.29, 1.82) is 0 Å². The van der Waals surface area contributed by atoms with E-state index in [-0.39, 0.29) is 6.79 Å². The van der Waals surface area contributed by atoms with Crippen molar-refractivity contribution in [1.82, 2.24) is 0 Å². The molecule has 1 aromatic rings. The Kier molecular flexibility index (Phi) is 3.28. The minimum atomic E-state index is -3.67. The van der Waals surface area contributed by atoms with Crippen LogP contribution in [0.3, 0.4) is 0 Å². The molecule has 0 saturated carbocycles. The molecule has 0 radical (unpaired) electrons. The van der Waals surface area contributed by atoms with Crippen LogP contribution < -0.4 is 14.2 Å². The Morgan fingerprint density at radius 2 is 2.06 bits per heavy atom. The van der Waals surface area contributed by atoms with E-state index >= 15 is 0 Å². The first-order valence-electron chi connectivity index (χ1n) is 5.08. The summed E-state index contributed by atoms with van der Waals surface area (Å²) >= 11 is 0. The van der Waals surface area contributed by atoms with E-state index in [1.165, 1.54) is 12.1 Å². The maximum absolute atomic E-state index is 11.6. The highest BCUT2D eigenvalue weighted by molar-refractivity contribution is 7.92. The summed E-state index contributed by atoms with van der Waals surface area (Å²) in [6.45, 7) is 0.102. The normalized spacial score (nSPS) is 13.3. The van der Waals surface area contributed by atoms with Crippen molar-refractivity contribution in [3.63, 3.8) is 0 Å². The third-order valence-corrected chi connectivity index (χ3v) is 3.52. The fourth-order valence-electron chi connectivity index (χ4n) is 1.41. The molecule has 0 spiro atoms. The Hall–Kier alpha value is -1.96. The molecule has 7 nitrogen and oxygen atoms in total. The fourth-order valence-corrected chi connectivity index (χ4v) is 2.44. The summed E-state index contributed by atoms with van der Waals surface area (Å²) in [6.07, 6.45) is -0.445. The van der Waals surface area contributed by atoms with Gasteiger partial charge in [0.2, 0.25) is 16.8 Å². The molecule has 1 aliphatic rings. The molecule has 0 atom stereocenters. The van der Waals surface area contributed by atoms with E-state index in [1.54, 1.807) is 6.07 Å². The van der Waals surface area contributed by atoms with Gasteiger partial charge >= 0.3 is 5.97 Å². The number of aliphatic carboxylic acids is 1. The highest BCUT2D eigenvalue weighted by atomic mass is 32.2. The molecule has 0 aliphatic carbocycles. The third-order valence-electron chi connectivity index (χ3n) is 2.23. The van der Waals surface area contributed by atoms with E-state index in [0.29, 0.717) is 17.2 Å². The average Bonchev–Trinajstić information content (AvgIpc) is 2.73. The lowest BCUT2D eigenvalue weighted by molar-refractivity contribution is -0.136. The van der Waals surface area contributed by atoms with E-state index in [2.05, 4.69) is 4.72 Å². The zero-order valence-electron chi connectivity index (χ0n) is 9.25. The summed E-state index contributed by atoms with van der Waals surface area (Å²) in [4.78, 5) is 10.3. The molecule has 0 aromatic heterocycles. The maximum Gasteiger partial charge on any atom is 0.304 e. The number of benzene rings is 1. The molecule has 0 unspecified atom stereocenters. The first-order valence-corrected chi connectivity index (χ1v) is 6.73. The zero-order valence-corrected chi connectivity index (χ0v) is 10.1. The molecule has 8 heteroatoms. The van der Waals surface area contributed by atoms with Crippen LogP contribution in [-0.2, 0) is 14.8 Å². The predicted octanol–water partition coefficient (Wildman–Crippen LogP) is 0.632. The van der Waals surface area contributed by atoms with Crippen LogP contribution in [0.4, 0.5) is 5.69 Å². The molecule has 98 valence electrons. The first kappa shape index (κ1) is 12.5. The van der Waals surface area contributed by atoms with Gasteiger partial charge in [0.25, 0.3) is 0 Å². The number of hydrogen-bond acceptors (Lipinski definition) is 5. The maximum atomic E-state index is 11.6. The molecule has 1 aromatic carbocycles.